The number of hydrogen-bond acceptors (Lipinski definition) is 5. The van der Waals surface area contributed by atoms with E-state index in [-0.39, 0.29) is 6.42 Å². The molecule has 1 N–H and O–H groups in total. The maximum atomic E-state index is 12.1. The molecule has 1 amide bonds. The number of ether oxygens (including phenoxy) is 1. The first-order valence-corrected chi connectivity index (χ1v) is 9.58. The zero-order valence-corrected chi connectivity index (χ0v) is 16.4. The molecule has 0 aliphatic rings. The number of benzene rings is 2. The lowest BCUT2D eigenvalue weighted by Gasteiger charge is -2.13. The van der Waals surface area contributed by atoms with Gasteiger partial charge in [0.1, 0.15) is 0 Å². The van der Waals surface area contributed by atoms with Crippen molar-refractivity contribution < 1.29 is 14.3 Å². The standard InChI is InChI=1S/C21H22N2O3S/c1-14-4-9-19(12-15(14)2)27-11-10-20(24)26-16(3)21(25)23-18-7-5-17(13-22)6-8-18/h4-9,12,16H,10-11H2,1-3H3,(H,23,25)/t16-/m1/s1. The summed E-state index contributed by atoms with van der Waals surface area (Å²) < 4.78 is 5.19. The number of anilines is 1. The molecule has 0 aromatic heterocycles. The Morgan fingerprint density at radius 1 is 1.15 bits per heavy atom. The summed E-state index contributed by atoms with van der Waals surface area (Å²) in [4.78, 5) is 25.2. The maximum Gasteiger partial charge on any atom is 0.307 e. The predicted molar refractivity (Wildman–Crippen MR) is 107 cm³/mol. The van der Waals surface area contributed by atoms with Crippen LogP contribution in [0.4, 0.5) is 5.69 Å². The van der Waals surface area contributed by atoms with Crippen molar-refractivity contribution in [2.75, 3.05) is 11.1 Å². The Morgan fingerprint density at radius 2 is 1.85 bits per heavy atom. The number of esters is 1. The van der Waals surface area contributed by atoms with Gasteiger partial charge in [-0.1, -0.05) is 6.07 Å². The van der Waals surface area contributed by atoms with Crippen molar-refractivity contribution in [2.45, 2.75) is 38.2 Å². The molecule has 0 bridgehead atoms. The van der Waals surface area contributed by atoms with Crippen molar-refractivity contribution in [3.63, 3.8) is 0 Å². The van der Waals surface area contributed by atoms with Crippen LogP contribution < -0.4 is 5.32 Å². The normalized spacial score (nSPS) is 11.3. The molecule has 0 fully saturated rings. The number of rotatable bonds is 7. The molecule has 0 unspecified atom stereocenters. The first-order chi connectivity index (χ1) is 12.9. The van der Waals surface area contributed by atoms with Gasteiger partial charge in [0.05, 0.1) is 18.1 Å². The molecule has 0 aliphatic carbocycles. The topological polar surface area (TPSA) is 79.2 Å². The minimum atomic E-state index is -0.889. The third-order valence-corrected chi connectivity index (χ3v) is 5.01. The molecular formula is C21H22N2O3S. The summed E-state index contributed by atoms with van der Waals surface area (Å²) in [7, 11) is 0. The monoisotopic (exact) mass is 382 g/mol. The fourth-order valence-electron chi connectivity index (χ4n) is 2.24. The molecule has 0 heterocycles. The largest absolute Gasteiger partial charge is 0.453 e. The van der Waals surface area contributed by atoms with Gasteiger partial charge < -0.3 is 10.1 Å². The fraction of sp³-hybridized carbons (Fsp3) is 0.286. The second-order valence-corrected chi connectivity index (χ2v) is 7.32. The Bertz CT molecular complexity index is 857. The highest BCUT2D eigenvalue weighted by Gasteiger charge is 2.17. The second kappa shape index (κ2) is 9.79. The van der Waals surface area contributed by atoms with E-state index in [0.717, 1.165) is 4.90 Å². The summed E-state index contributed by atoms with van der Waals surface area (Å²) in [5.74, 6) is -0.227. The SMILES string of the molecule is Cc1ccc(SCCC(=O)O[C@H](C)C(=O)Nc2ccc(C#N)cc2)cc1C. The van der Waals surface area contributed by atoms with Crippen LogP contribution in [0.2, 0.25) is 0 Å². The van der Waals surface area contributed by atoms with Crippen molar-refractivity contribution >= 4 is 29.3 Å². The summed E-state index contributed by atoms with van der Waals surface area (Å²) in [6.07, 6.45) is -0.661. The van der Waals surface area contributed by atoms with Gasteiger partial charge in [0.25, 0.3) is 5.91 Å². The molecule has 0 saturated carbocycles. The van der Waals surface area contributed by atoms with Crippen LogP contribution in [-0.4, -0.2) is 23.7 Å². The van der Waals surface area contributed by atoms with Gasteiger partial charge >= 0.3 is 5.97 Å². The van der Waals surface area contributed by atoms with Crippen LogP contribution in [-0.2, 0) is 14.3 Å². The van der Waals surface area contributed by atoms with Gasteiger partial charge in [0.2, 0.25) is 0 Å². The molecule has 2 aromatic carbocycles. The fourth-order valence-corrected chi connectivity index (χ4v) is 3.17. The molecule has 140 valence electrons. The van der Waals surface area contributed by atoms with E-state index in [9.17, 15) is 9.59 Å². The lowest BCUT2D eigenvalue weighted by molar-refractivity contribution is -0.152. The van der Waals surface area contributed by atoms with E-state index < -0.39 is 18.0 Å². The van der Waals surface area contributed by atoms with E-state index in [1.807, 2.05) is 12.1 Å². The Labute approximate surface area is 163 Å². The Hall–Kier alpha value is -2.78. The summed E-state index contributed by atoms with van der Waals surface area (Å²) in [5, 5.41) is 11.4. The number of nitrogens with zero attached hydrogens (tertiary/aromatic N) is 1. The molecular weight excluding hydrogens is 360 g/mol. The molecule has 6 heteroatoms. The Balaban J connectivity index is 1.75. The molecule has 2 rings (SSSR count). The van der Waals surface area contributed by atoms with Crippen molar-refractivity contribution in [3.8, 4) is 6.07 Å². The van der Waals surface area contributed by atoms with E-state index in [2.05, 4.69) is 31.3 Å². The number of nitriles is 1. The predicted octanol–water partition coefficient (Wildman–Crippen LogP) is 4.23. The molecule has 0 spiro atoms. The van der Waals surface area contributed by atoms with Crippen LogP contribution in [0.1, 0.15) is 30.0 Å². The van der Waals surface area contributed by atoms with Crippen LogP contribution in [0, 0.1) is 25.2 Å². The number of aryl methyl sites for hydroxylation is 2. The number of hydrogen-bond donors (Lipinski definition) is 1. The molecule has 5 nitrogen and oxygen atoms in total. The molecule has 0 radical (unpaired) electrons. The van der Waals surface area contributed by atoms with Gasteiger partial charge in [0.15, 0.2) is 6.10 Å². The number of nitrogens with one attached hydrogen (secondary N) is 1. The van der Waals surface area contributed by atoms with Crippen molar-refractivity contribution in [1.29, 1.82) is 5.26 Å². The average molecular weight is 382 g/mol. The zero-order valence-electron chi connectivity index (χ0n) is 15.6. The Kier molecular flexibility index (Phi) is 7.44. The highest BCUT2D eigenvalue weighted by Crippen LogP contribution is 2.22. The summed E-state index contributed by atoms with van der Waals surface area (Å²) in [6.45, 7) is 5.65. The zero-order chi connectivity index (χ0) is 19.8. The van der Waals surface area contributed by atoms with Crippen LogP contribution in [0.3, 0.4) is 0 Å². The van der Waals surface area contributed by atoms with Gasteiger partial charge in [0, 0.05) is 16.3 Å². The van der Waals surface area contributed by atoms with E-state index in [1.165, 1.54) is 18.1 Å². The van der Waals surface area contributed by atoms with Crippen molar-refractivity contribution in [1.82, 2.24) is 0 Å². The highest BCUT2D eigenvalue weighted by molar-refractivity contribution is 7.99. The second-order valence-electron chi connectivity index (χ2n) is 6.16. The third kappa shape index (κ3) is 6.46. The quantitative estimate of drug-likeness (QED) is 0.573. The van der Waals surface area contributed by atoms with Gasteiger partial charge in [-0.2, -0.15) is 5.26 Å². The van der Waals surface area contributed by atoms with Gasteiger partial charge in [-0.3, -0.25) is 9.59 Å². The molecule has 1 atom stereocenters. The molecule has 2 aromatic rings. The van der Waals surface area contributed by atoms with Crippen LogP contribution in [0.15, 0.2) is 47.4 Å². The van der Waals surface area contributed by atoms with E-state index in [1.54, 1.807) is 36.0 Å². The smallest absolute Gasteiger partial charge is 0.307 e. The van der Waals surface area contributed by atoms with E-state index >= 15 is 0 Å². The average Bonchev–Trinajstić information content (AvgIpc) is 2.65. The summed E-state index contributed by atoms with van der Waals surface area (Å²) in [5.41, 5.74) is 3.51. The van der Waals surface area contributed by atoms with Gasteiger partial charge in [-0.15, -0.1) is 11.8 Å². The first-order valence-electron chi connectivity index (χ1n) is 8.59. The summed E-state index contributed by atoms with van der Waals surface area (Å²) >= 11 is 1.59. The van der Waals surface area contributed by atoms with E-state index in [0.29, 0.717) is 17.0 Å². The van der Waals surface area contributed by atoms with Crippen molar-refractivity contribution in [3.05, 3.63) is 59.2 Å². The maximum absolute atomic E-state index is 12.1. The molecule has 0 aliphatic heterocycles. The third-order valence-electron chi connectivity index (χ3n) is 4.01. The van der Waals surface area contributed by atoms with Crippen molar-refractivity contribution in [2.24, 2.45) is 0 Å². The Morgan fingerprint density at radius 3 is 2.48 bits per heavy atom. The number of thioether (sulfide) groups is 1. The van der Waals surface area contributed by atoms with Gasteiger partial charge in [-0.05, 0) is 68.3 Å². The van der Waals surface area contributed by atoms with Crippen LogP contribution >= 0.6 is 11.8 Å². The number of carbonyl (C=O) groups excluding carboxylic acids is 2. The lowest BCUT2D eigenvalue weighted by atomic mass is 10.1. The van der Waals surface area contributed by atoms with Crippen LogP contribution in [0.5, 0.6) is 0 Å². The number of amides is 1. The number of carbonyl (C=O) groups is 2. The molecule has 27 heavy (non-hydrogen) atoms. The van der Waals surface area contributed by atoms with E-state index in [4.69, 9.17) is 10.00 Å². The van der Waals surface area contributed by atoms with Crippen LogP contribution in [0.25, 0.3) is 0 Å². The minimum absolute atomic E-state index is 0.228. The minimum Gasteiger partial charge on any atom is -0.453 e. The first kappa shape index (κ1) is 20.5. The summed E-state index contributed by atoms with van der Waals surface area (Å²) in [6, 6.07) is 14.7. The molecule has 0 saturated heterocycles. The highest BCUT2D eigenvalue weighted by atomic mass is 32.2. The lowest BCUT2D eigenvalue weighted by Crippen LogP contribution is -2.30. The van der Waals surface area contributed by atoms with Gasteiger partial charge in [-0.25, -0.2) is 0 Å².